The first-order valence-corrected chi connectivity index (χ1v) is 19.0. The van der Waals surface area contributed by atoms with E-state index in [9.17, 15) is 19.2 Å². The lowest BCUT2D eigenvalue weighted by Gasteiger charge is -2.14. The van der Waals surface area contributed by atoms with Gasteiger partial charge in [0.2, 0.25) is 0 Å². The second-order valence-electron chi connectivity index (χ2n) is 12.6. The van der Waals surface area contributed by atoms with Gasteiger partial charge in [0.05, 0.1) is 19.6 Å². The van der Waals surface area contributed by atoms with E-state index in [1.165, 1.54) is 43.6 Å². The van der Waals surface area contributed by atoms with Gasteiger partial charge in [0.25, 0.3) is 0 Å². The molecule has 0 spiro atoms. The molecule has 0 radical (unpaired) electrons. The summed E-state index contributed by atoms with van der Waals surface area (Å²) in [5.74, 6) is 3.33. The summed E-state index contributed by atoms with van der Waals surface area (Å²) >= 11 is 2.03. The quantitative estimate of drug-likeness (QED) is 0.0664. The molecule has 0 rings (SSSR count). The van der Waals surface area contributed by atoms with Crippen LogP contribution >= 0.6 is 11.8 Å². The zero-order valence-electron chi connectivity index (χ0n) is 29.0. The van der Waals surface area contributed by atoms with Gasteiger partial charge in [-0.25, -0.2) is 0 Å². The van der Waals surface area contributed by atoms with Crippen LogP contribution in [0.25, 0.3) is 0 Å². The lowest BCUT2D eigenvalue weighted by Crippen LogP contribution is -2.10. The summed E-state index contributed by atoms with van der Waals surface area (Å²) in [6.07, 6.45) is 15.7. The number of hydrogen-bond donors (Lipinski definition) is 1. The van der Waals surface area contributed by atoms with Crippen LogP contribution in [-0.2, 0) is 33.4 Å². The van der Waals surface area contributed by atoms with Gasteiger partial charge in [-0.15, -0.1) is 0 Å². The Bertz CT molecular complexity index is 743. The van der Waals surface area contributed by atoms with Crippen LogP contribution in [0.1, 0.15) is 143 Å². The number of unbranched alkanes of at least 4 members (excludes halogenated alkanes) is 7. The Kier molecular flexibility index (Phi) is 31.7. The molecule has 0 aliphatic heterocycles. The summed E-state index contributed by atoms with van der Waals surface area (Å²) in [6, 6.07) is 0. The first kappa shape index (κ1) is 43.7. The fourth-order valence-electron chi connectivity index (χ4n) is 4.64. The molecule has 0 saturated carbocycles. The molecule has 0 aromatic heterocycles. The van der Waals surface area contributed by atoms with Gasteiger partial charge < -0.3 is 19.3 Å². The molecule has 0 bridgehead atoms. The Hall–Kier alpha value is -1.29. The van der Waals surface area contributed by atoms with Crippen molar-refractivity contribution in [3.05, 3.63) is 0 Å². The van der Waals surface area contributed by atoms with E-state index in [-0.39, 0.29) is 18.6 Å². The number of aliphatic carboxylic acids is 1. The van der Waals surface area contributed by atoms with Gasteiger partial charge in [-0.3, -0.25) is 19.2 Å². The largest absolute Gasteiger partial charge is 0.481 e. The van der Waals surface area contributed by atoms with Gasteiger partial charge in [-0.2, -0.15) is 11.8 Å². The molecule has 1 atom stereocenters. The maximum absolute atomic E-state index is 12.1. The van der Waals surface area contributed by atoms with Gasteiger partial charge in [0, 0.05) is 65.0 Å². The van der Waals surface area contributed by atoms with Crippen molar-refractivity contribution in [3.63, 3.8) is 0 Å². The molecule has 45 heavy (non-hydrogen) atoms. The minimum atomic E-state index is -0.943. The molecule has 0 aliphatic rings. The Morgan fingerprint density at radius 1 is 0.489 bits per heavy atom. The van der Waals surface area contributed by atoms with E-state index in [2.05, 4.69) is 20.8 Å². The molecule has 0 aromatic carbocycles. The van der Waals surface area contributed by atoms with E-state index in [0.29, 0.717) is 88.7 Å². The summed E-state index contributed by atoms with van der Waals surface area (Å²) in [5.41, 5.74) is 0. The van der Waals surface area contributed by atoms with Crippen LogP contribution in [-0.4, -0.2) is 79.6 Å². The number of rotatable bonds is 36. The van der Waals surface area contributed by atoms with Gasteiger partial charge >= 0.3 is 5.97 Å². The van der Waals surface area contributed by atoms with E-state index < -0.39 is 5.97 Å². The number of thioether (sulfide) groups is 1. The highest BCUT2D eigenvalue weighted by molar-refractivity contribution is 7.99. The smallest absolute Gasteiger partial charge is 0.303 e. The van der Waals surface area contributed by atoms with Crippen LogP contribution in [0, 0.1) is 11.8 Å². The topological polar surface area (TPSA) is 116 Å². The first-order valence-electron chi connectivity index (χ1n) is 17.8. The molecule has 0 saturated heterocycles. The van der Waals surface area contributed by atoms with Crippen molar-refractivity contribution >= 4 is 35.1 Å². The van der Waals surface area contributed by atoms with Crippen LogP contribution < -0.4 is 0 Å². The molecule has 9 heteroatoms. The summed E-state index contributed by atoms with van der Waals surface area (Å²) < 4.78 is 16.6. The number of Topliss-reactive ketones (excluding diaryl/α,β-unsaturated/α-hetero) is 3. The second kappa shape index (κ2) is 32.6. The number of carboxylic acid groups (broad SMARTS) is 1. The minimum Gasteiger partial charge on any atom is -0.481 e. The van der Waals surface area contributed by atoms with Gasteiger partial charge in [-0.1, -0.05) is 46.5 Å². The molecule has 0 aromatic rings. The number of carboxylic acids is 1. The van der Waals surface area contributed by atoms with Crippen molar-refractivity contribution in [2.75, 3.05) is 51.1 Å². The van der Waals surface area contributed by atoms with Crippen LogP contribution in [0.5, 0.6) is 0 Å². The number of carbonyl (C=O) groups is 4. The molecule has 264 valence electrons. The maximum atomic E-state index is 12.1. The van der Waals surface area contributed by atoms with Crippen LogP contribution in [0.2, 0.25) is 0 Å². The summed E-state index contributed by atoms with van der Waals surface area (Å²) in [4.78, 5) is 46.0. The minimum absolute atomic E-state index is 0.0327. The van der Waals surface area contributed by atoms with E-state index in [1.807, 2.05) is 11.8 Å². The Morgan fingerprint density at radius 2 is 0.933 bits per heavy atom. The van der Waals surface area contributed by atoms with Gasteiger partial charge in [0.15, 0.2) is 0 Å². The van der Waals surface area contributed by atoms with Crippen molar-refractivity contribution in [1.29, 1.82) is 0 Å². The summed E-state index contributed by atoms with van der Waals surface area (Å²) in [6.45, 7) is 9.96. The molecule has 0 fully saturated rings. The highest BCUT2D eigenvalue weighted by Gasteiger charge is 2.12. The fraction of sp³-hybridized carbons (Fsp3) is 0.889. The molecule has 0 amide bonds. The van der Waals surface area contributed by atoms with Crippen molar-refractivity contribution in [2.24, 2.45) is 11.8 Å². The monoisotopic (exact) mass is 658 g/mol. The first-order chi connectivity index (χ1) is 21.7. The highest BCUT2D eigenvalue weighted by atomic mass is 32.2. The molecule has 1 unspecified atom stereocenters. The predicted molar refractivity (Wildman–Crippen MR) is 184 cm³/mol. The van der Waals surface area contributed by atoms with Gasteiger partial charge in [0.1, 0.15) is 17.3 Å². The Balaban J connectivity index is 3.27. The van der Waals surface area contributed by atoms with Crippen molar-refractivity contribution < 1.29 is 38.5 Å². The zero-order valence-corrected chi connectivity index (χ0v) is 29.8. The predicted octanol–water partition coefficient (Wildman–Crippen LogP) is 8.27. The van der Waals surface area contributed by atoms with Crippen molar-refractivity contribution in [1.82, 2.24) is 0 Å². The van der Waals surface area contributed by atoms with Crippen molar-refractivity contribution in [3.8, 4) is 0 Å². The molecule has 8 nitrogen and oxygen atoms in total. The van der Waals surface area contributed by atoms with Gasteiger partial charge in [-0.05, 0) is 74.7 Å². The Labute approximate surface area is 278 Å². The number of ether oxygens (including phenoxy) is 3. The van der Waals surface area contributed by atoms with Crippen LogP contribution in [0.3, 0.4) is 0 Å². The standard InChI is InChI=1S/C36H66O8S/c1-31(2)32(3)30-35(39)18-8-5-4-6-12-28-45-29-13-7-9-16-33(37)17-10-11-22-43-26-27-44-25-15-24-42-23-14-19-34(38)20-21-36(40)41/h31-32H,4-30H2,1-3H3,(H,40,41). The Morgan fingerprint density at radius 3 is 1.56 bits per heavy atom. The van der Waals surface area contributed by atoms with Crippen LogP contribution in [0.15, 0.2) is 0 Å². The third-order valence-corrected chi connectivity index (χ3v) is 9.14. The summed E-state index contributed by atoms with van der Waals surface area (Å²) in [7, 11) is 0. The molecule has 0 heterocycles. The van der Waals surface area contributed by atoms with Crippen LogP contribution in [0.4, 0.5) is 0 Å². The molecule has 1 N–H and O–H groups in total. The SMILES string of the molecule is CC(C)C(C)CC(=O)CCCCCCCSCCCCCC(=O)CCCCOCCOCCCOCCCC(=O)CCC(=O)O. The second-order valence-corrected chi connectivity index (χ2v) is 13.9. The molecular weight excluding hydrogens is 592 g/mol. The lowest BCUT2D eigenvalue weighted by molar-refractivity contribution is -0.138. The number of ketones is 3. The van der Waals surface area contributed by atoms with E-state index >= 15 is 0 Å². The normalized spacial score (nSPS) is 12.1. The lowest BCUT2D eigenvalue weighted by atomic mass is 9.91. The number of hydrogen-bond acceptors (Lipinski definition) is 8. The average Bonchev–Trinajstić information content (AvgIpc) is 3.00. The third-order valence-electron chi connectivity index (χ3n) is 7.98. The third kappa shape index (κ3) is 33.9. The highest BCUT2D eigenvalue weighted by Crippen LogP contribution is 2.17. The van der Waals surface area contributed by atoms with E-state index in [4.69, 9.17) is 19.3 Å². The average molecular weight is 659 g/mol. The van der Waals surface area contributed by atoms with Crippen molar-refractivity contribution in [2.45, 2.75) is 143 Å². The zero-order chi connectivity index (χ0) is 33.4. The van der Waals surface area contributed by atoms with E-state index in [1.54, 1.807) is 0 Å². The number of carbonyl (C=O) groups excluding carboxylic acids is 3. The maximum Gasteiger partial charge on any atom is 0.303 e. The van der Waals surface area contributed by atoms with E-state index in [0.717, 1.165) is 51.4 Å². The molecular formula is C36H66O8S. The summed E-state index contributed by atoms with van der Waals surface area (Å²) in [5, 5.41) is 8.56. The fourth-order valence-corrected chi connectivity index (χ4v) is 5.66. The molecule has 0 aliphatic carbocycles.